The summed E-state index contributed by atoms with van der Waals surface area (Å²) in [5, 5.41) is 10.8. The first kappa shape index (κ1) is 18.0. The Labute approximate surface area is 173 Å². The van der Waals surface area contributed by atoms with Crippen molar-refractivity contribution in [2.45, 2.75) is 6.54 Å². The maximum atomic E-state index is 5.21. The van der Waals surface area contributed by atoms with Crippen LogP contribution < -0.4 is 15.8 Å². The number of hydrogen-bond acceptors (Lipinski definition) is 6. The lowest BCUT2D eigenvalue weighted by atomic mass is 10.2. The zero-order chi connectivity index (χ0) is 18.8. The number of nitrogens with zero attached hydrogens (tertiary/aromatic N) is 4. The summed E-state index contributed by atoms with van der Waals surface area (Å²) in [6.07, 6.45) is 1.79. The van der Waals surface area contributed by atoms with E-state index >= 15 is 0 Å². The Bertz CT molecular complexity index is 969. The van der Waals surface area contributed by atoms with Gasteiger partial charge in [0.15, 0.2) is 5.84 Å². The van der Waals surface area contributed by atoms with Crippen LogP contribution in [-0.2, 0) is 6.54 Å². The lowest BCUT2D eigenvalue weighted by Gasteiger charge is -2.18. The largest absolute Gasteiger partial charge is 0.497 e. The van der Waals surface area contributed by atoms with E-state index in [1.54, 1.807) is 13.3 Å². The Hall–Kier alpha value is -2.36. The minimum Gasteiger partial charge on any atom is -0.497 e. The molecule has 1 aliphatic rings. The third kappa shape index (κ3) is 3.71. The third-order valence-electron chi connectivity index (χ3n) is 4.12. The van der Waals surface area contributed by atoms with Crippen molar-refractivity contribution in [2.75, 3.05) is 7.11 Å². The van der Waals surface area contributed by atoms with Crippen LogP contribution in [0.3, 0.4) is 0 Å². The predicted octanol–water partition coefficient (Wildman–Crippen LogP) is 3.59. The number of methoxy groups -OCH3 is 1. The molecule has 0 aliphatic carbocycles. The molecule has 0 saturated carbocycles. The van der Waals surface area contributed by atoms with Crippen molar-refractivity contribution in [3.63, 3.8) is 0 Å². The number of ether oxygens (including phenoxy) is 1. The molecule has 138 valence electrons. The number of hydrazine groups is 2. The first-order valence-corrected chi connectivity index (χ1v) is 9.73. The van der Waals surface area contributed by atoms with Gasteiger partial charge < -0.3 is 4.74 Å². The van der Waals surface area contributed by atoms with Crippen molar-refractivity contribution in [2.24, 2.45) is 5.10 Å². The van der Waals surface area contributed by atoms with Crippen LogP contribution in [0.2, 0.25) is 0 Å². The molecular formula is C18H16Br2N6O. The van der Waals surface area contributed by atoms with Crippen molar-refractivity contribution < 1.29 is 4.74 Å². The fraction of sp³-hybridized carbons (Fsp3) is 0.111. The second-order valence-electron chi connectivity index (χ2n) is 5.83. The molecular weight excluding hydrogens is 476 g/mol. The van der Waals surface area contributed by atoms with Crippen molar-refractivity contribution in [1.29, 1.82) is 0 Å². The van der Waals surface area contributed by atoms with Crippen LogP contribution in [0.5, 0.6) is 5.75 Å². The van der Waals surface area contributed by atoms with Gasteiger partial charge in [-0.05, 0) is 57.9 Å². The molecule has 7 nitrogen and oxygen atoms in total. The minimum atomic E-state index is 0.631. The number of nitrogens with one attached hydrogen (secondary N) is 2. The lowest BCUT2D eigenvalue weighted by Crippen LogP contribution is -2.40. The van der Waals surface area contributed by atoms with E-state index in [4.69, 9.17) is 4.74 Å². The number of hydrogen-bond donors (Lipinski definition) is 2. The van der Waals surface area contributed by atoms with Gasteiger partial charge in [0, 0.05) is 4.47 Å². The molecule has 0 spiro atoms. The van der Waals surface area contributed by atoms with E-state index < -0.39 is 0 Å². The highest BCUT2D eigenvalue weighted by molar-refractivity contribution is 9.10. The van der Waals surface area contributed by atoms with E-state index in [2.05, 4.69) is 53.1 Å². The Balaban J connectivity index is 1.57. The molecule has 2 N–H and O–H groups in total. The summed E-state index contributed by atoms with van der Waals surface area (Å²) in [6, 6.07) is 15.9. The third-order valence-corrected chi connectivity index (χ3v) is 5.42. The summed E-state index contributed by atoms with van der Waals surface area (Å²) in [5.74, 6) is 1.58. The fourth-order valence-electron chi connectivity index (χ4n) is 2.73. The number of benzene rings is 2. The van der Waals surface area contributed by atoms with Crippen molar-refractivity contribution >= 4 is 37.7 Å². The number of rotatable bonds is 5. The van der Waals surface area contributed by atoms with Crippen molar-refractivity contribution in [1.82, 2.24) is 25.9 Å². The Morgan fingerprint density at radius 1 is 1.04 bits per heavy atom. The zero-order valence-electron chi connectivity index (χ0n) is 14.4. The van der Waals surface area contributed by atoms with Crippen LogP contribution in [0.4, 0.5) is 0 Å². The maximum absolute atomic E-state index is 5.21. The average Bonchev–Trinajstić information content (AvgIpc) is 3.29. The molecule has 27 heavy (non-hydrogen) atoms. The highest BCUT2D eigenvalue weighted by Gasteiger charge is 2.24. The van der Waals surface area contributed by atoms with E-state index in [-0.39, 0.29) is 0 Å². The van der Waals surface area contributed by atoms with Crippen molar-refractivity contribution in [3.8, 4) is 11.4 Å². The van der Waals surface area contributed by atoms with Crippen molar-refractivity contribution in [3.05, 3.63) is 74.9 Å². The topological polar surface area (TPSA) is 66.7 Å². The predicted molar refractivity (Wildman–Crippen MR) is 110 cm³/mol. The second kappa shape index (κ2) is 7.71. The van der Waals surface area contributed by atoms with Gasteiger partial charge in [0.25, 0.3) is 0 Å². The first-order chi connectivity index (χ1) is 13.2. The van der Waals surface area contributed by atoms with Crippen LogP contribution in [0.25, 0.3) is 5.69 Å². The Kier molecular flexibility index (Phi) is 5.15. The van der Waals surface area contributed by atoms with Crippen LogP contribution >= 0.6 is 31.9 Å². The van der Waals surface area contributed by atoms with Crippen LogP contribution in [0.15, 0.2) is 68.9 Å². The van der Waals surface area contributed by atoms with Gasteiger partial charge in [-0.1, -0.05) is 28.1 Å². The molecule has 0 unspecified atom stereocenters. The monoisotopic (exact) mass is 490 g/mol. The smallest absolute Gasteiger partial charge is 0.177 e. The van der Waals surface area contributed by atoms with Gasteiger partial charge in [0.2, 0.25) is 0 Å². The molecule has 1 aliphatic heterocycles. The van der Waals surface area contributed by atoms with E-state index in [9.17, 15) is 0 Å². The molecule has 9 heteroatoms. The van der Waals surface area contributed by atoms with Crippen LogP contribution in [0, 0.1) is 0 Å². The summed E-state index contributed by atoms with van der Waals surface area (Å²) >= 11 is 7.11. The van der Waals surface area contributed by atoms with Gasteiger partial charge in [-0.15, -0.1) is 10.6 Å². The number of hydrazone groups is 1. The molecule has 3 aromatic rings. The SMILES string of the molecule is COc1ccc(CN2NNN=C2c2cnn(-c3ccc(Br)cc3)c2Br)cc1. The minimum absolute atomic E-state index is 0.631. The second-order valence-corrected chi connectivity index (χ2v) is 7.50. The number of aromatic nitrogens is 2. The van der Waals surface area contributed by atoms with E-state index in [0.717, 1.165) is 37.5 Å². The van der Waals surface area contributed by atoms with Gasteiger partial charge in [-0.3, -0.25) is 5.01 Å². The molecule has 4 rings (SSSR count). The van der Waals surface area contributed by atoms with Gasteiger partial charge >= 0.3 is 0 Å². The molecule has 0 saturated heterocycles. The molecule has 0 radical (unpaired) electrons. The summed E-state index contributed by atoms with van der Waals surface area (Å²) in [7, 11) is 1.66. The standard InChI is InChI=1S/C18H16Br2N6O/c1-27-15-8-2-12(3-9-15)11-25-18(22-23-24-25)16-10-21-26(17(16)20)14-6-4-13(19)5-7-14/h2-10,23-24H,11H2,1H3. The Morgan fingerprint density at radius 3 is 2.48 bits per heavy atom. The molecule has 0 amide bonds. The maximum Gasteiger partial charge on any atom is 0.177 e. The van der Waals surface area contributed by atoms with Gasteiger partial charge in [-0.25, -0.2) is 10.2 Å². The van der Waals surface area contributed by atoms with Crippen LogP contribution in [0.1, 0.15) is 11.1 Å². The highest BCUT2D eigenvalue weighted by Crippen LogP contribution is 2.24. The normalized spacial score (nSPS) is 13.4. The molecule has 0 fully saturated rings. The summed E-state index contributed by atoms with van der Waals surface area (Å²) in [6.45, 7) is 0.631. The first-order valence-electron chi connectivity index (χ1n) is 8.14. The summed E-state index contributed by atoms with van der Waals surface area (Å²) in [5.41, 5.74) is 8.83. The van der Waals surface area contributed by atoms with E-state index in [1.165, 1.54) is 0 Å². The van der Waals surface area contributed by atoms with Gasteiger partial charge in [0.1, 0.15) is 10.4 Å². The highest BCUT2D eigenvalue weighted by atomic mass is 79.9. The average molecular weight is 492 g/mol. The molecule has 1 aromatic heterocycles. The fourth-order valence-corrected chi connectivity index (χ4v) is 3.57. The van der Waals surface area contributed by atoms with Crippen LogP contribution in [-0.4, -0.2) is 27.7 Å². The summed E-state index contributed by atoms with van der Waals surface area (Å²) in [4.78, 5) is 0. The Morgan fingerprint density at radius 2 is 1.78 bits per heavy atom. The quantitative estimate of drug-likeness (QED) is 0.570. The number of halogens is 2. The zero-order valence-corrected chi connectivity index (χ0v) is 17.5. The molecule has 0 bridgehead atoms. The van der Waals surface area contributed by atoms with Gasteiger partial charge in [0.05, 0.1) is 31.1 Å². The van der Waals surface area contributed by atoms with E-state index in [1.807, 2.05) is 58.2 Å². The summed E-state index contributed by atoms with van der Waals surface area (Å²) < 4.78 is 8.89. The lowest BCUT2D eigenvalue weighted by molar-refractivity contribution is 0.288. The molecule has 2 aromatic carbocycles. The van der Waals surface area contributed by atoms with E-state index in [0.29, 0.717) is 6.54 Å². The molecule has 2 heterocycles. The number of amidine groups is 1. The molecule has 0 atom stereocenters. The van der Waals surface area contributed by atoms with Gasteiger partial charge in [-0.2, -0.15) is 5.10 Å².